The lowest BCUT2D eigenvalue weighted by molar-refractivity contribution is -0.144. The number of carbonyl (C=O) groups excluding carboxylic acids is 4. The largest absolute Gasteiger partial charge is 0.330 e. The monoisotopic (exact) mass is 465 g/mol. The summed E-state index contributed by atoms with van der Waals surface area (Å²) in [6, 6.07) is 5.19. The molecule has 1 fully saturated rings. The molecule has 2 aliphatic rings. The van der Waals surface area contributed by atoms with Crippen LogP contribution in [-0.2, 0) is 33.2 Å². The van der Waals surface area contributed by atoms with Crippen LogP contribution in [0.25, 0.3) is 0 Å². The van der Waals surface area contributed by atoms with Crippen LogP contribution in [0.3, 0.4) is 0 Å². The summed E-state index contributed by atoms with van der Waals surface area (Å²) in [4.78, 5) is 50.2. The molecular weight excluding hydrogens is 442 g/mol. The van der Waals surface area contributed by atoms with E-state index in [1.807, 2.05) is 5.32 Å². The van der Waals surface area contributed by atoms with Gasteiger partial charge in [-0.15, -0.1) is 0 Å². The standard InChI is InChI=1S/C23H19ClF2N2O4/c24-16-5-3-15(4-6-16)23(25,26)19(29)9-2-13-1-7-17-14(11-13)12-28(22(17)32)18-8-10-20(30)27-21(18)31/h1,3-7,11,18H,2,8-10,12H2,(H,27,30,31)/t18-/m1/s1/i2D2,8D,10D,18D/t8?,10?,18-. The molecular formula is C23H19ClF2N2O4. The number of piperidine rings is 1. The summed E-state index contributed by atoms with van der Waals surface area (Å²) >= 11 is 5.70. The van der Waals surface area contributed by atoms with Crippen LogP contribution in [0.2, 0.25) is 5.02 Å². The summed E-state index contributed by atoms with van der Waals surface area (Å²) in [6.45, 7) is -0.430. The van der Waals surface area contributed by atoms with Crippen molar-refractivity contribution < 1.29 is 34.8 Å². The fourth-order valence-electron chi connectivity index (χ4n) is 3.40. The molecule has 166 valence electrons. The number of nitrogens with zero attached hydrogens (tertiary/aromatic N) is 1. The van der Waals surface area contributed by atoms with Gasteiger partial charge < -0.3 is 4.90 Å². The van der Waals surface area contributed by atoms with Crippen LogP contribution < -0.4 is 5.32 Å². The average molecular weight is 466 g/mol. The Bertz CT molecular complexity index is 1330. The summed E-state index contributed by atoms with van der Waals surface area (Å²) in [7, 11) is 0. The molecule has 6 nitrogen and oxygen atoms in total. The molecule has 2 aromatic rings. The highest BCUT2D eigenvalue weighted by atomic mass is 35.5. The molecule has 1 N–H and O–H groups in total. The number of imide groups is 1. The number of Topliss-reactive ketones (excluding diaryl/α,β-unsaturated/α-hetero) is 1. The van der Waals surface area contributed by atoms with Crippen LogP contribution >= 0.6 is 11.6 Å². The van der Waals surface area contributed by atoms with Crippen LogP contribution in [0.4, 0.5) is 8.78 Å². The summed E-state index contributed by atoms with van der Waals surface area (Å²) in [5.41, 5.74) is -0.726. The highest BCUT2D eigenvalue weighted by molar-refractivity contribution is 6.30. The van der Waals surface area contributed by atoms with E-state index < -0.39 is 73.1 Å². The van der Waals surface area contributed by atoms with Gasteiger partial charge in [-0.1, -0.05) is 35.9 Å². The van der Waals surface area contributed by atoms with Crippen molar-refractivity contribution in [1.82, 2.24) is 10.2 Å². The third kappa shape index (κ3) is 4.14. The molecule has 0 spiro atoms. The molecule has 0 aromatic heterocycles. The molecule has 32 heavy (non-hydrogen) atoms. The fraction of sp³-hybridized carbons (Fsp3) is 0.304. The minimum Gasteiger partial charge on any atom is -0.322 e. The van der Waals surface area contributed by atoms with Crippen LogP contribution in [0.5, 0.6) is 0 Å². The Morgan fingerprint density at radius 2 is 1.97 bits per heavy atom. The molecule has 0 bridgehead atoms. The smallest absolute Gasteiger partial charge is 0.322 e. The molecule has 2 unspecified atom stereocenters. The lowest BCUT2D eigenvalue weighted by Gasteiger charge is -2.29. The molecule has 3 amide bonds. The van der Waals surface area contributed by atoms with Crippen LogP contribution in [-0.4, -0.2) is 34.4 Å². The number of aryl methyl sites for hydroxylation is 1. The van der Waals surface area contributed by atoms with Crippen molar-refractivity contribution in [3.63, 3.8) is 0 Å². The van der Waals surface area contributed by atoms with Gasteiger partial charge in [-0.3, -0.25) is 24.5 Å². The molecule has 3 atom stereocenters. The maximum atomic E-state index is 14.7. The molecule has 1 saturated heterocycles. The second-order valence-electron chi connectivity index (χ2n) is 7.16. The van der Waals surface area contributed by atoms with Crippen LogP contribution in [0.1, 0.15) is 53.1 Å². The first kappa shape index (κ1) is 16.5. The van der Waals surface area contributed by atoms with Gasteiger partial charge in [0, 0.05) is 41.0 Å². The molecule has 9 heteroatoms. The maximum absolute atomic E-state index is 14.7. The lowest BCUT2D eigenvalue weighted by atomic mass is 9.97. The molecule has 2 aliphatic heterocycles. The van der Waals surface area contributed by atoms with Crippen molar-refractivity contribution in [2.24, 2.45) is 0 Å². The predicted molar refractivity (Wildman–Crippen MR) is 111 cm³/mol. The van der Waals surface area contributed by atoms with Crippen LogP contribution in [0, 0.1) is 0 Å². The summed E-state index contributed by atoms with van der Waals surface area (Å²) in [5, 5.41) is 2.01. The zero-order valence-corrected chi connectivity index (χ0v) is 17.1. The summed E-state index contributed by atoms with van der Waals surface area (Å²) < 4.78 is 70.3. The van der Waals surface area contributed by atoms with E-state index in [4.69, 9.17) is 18.5 Å². The molecule has 0 aliphatic carbocycles. The Morgan fingerprint density at radius 3 is 2.69 bits per heavy atom. The number of alkyl halides is 2. The van der Waals surface area contributed by atoms with Gasteiger partial charge in [0.1, 0.15) is 6.02 Å². The molecule has 0 radical (unpaired) electrons. The highest BCUT2D eigenvalue weighted by Crippen LogP contribution is 2.32. The normalized spacial score (nSPS) is 28.2. The Hall–Kier alpha value is -3.13. The number of fused-ring (bicyclic) bond motifs is 1. The molecule has 2 aromatic carbocycles. The van der Waals surface area contributed by atoms with E-state index >= 15 is 0 Å². The van der Waals surface area contributed by atoms with Gasteiger partial charge >= 0.3 is 5.92 Å². The number of nitrogens with one attached hydrogen (secondary N) is 1. The van der Waals surface area contributed by atoms with Crippen molar-refractivity contribution in [1.29, 1.82) is 0 Å². The van der Waals surface area contributed by atoms with Crippen molar-refractivity contribution in [2.45, 2.75) is 44.1 Å². The zero-order valence-electron chi connectivity index (χ0n) is 21.3. The summed E-state index contributed by atoms with van der Waals surface area (Å²) in [5.74, 6) is -8.82. The molecule has 4 rings (SSSR count). The van der Waals surface area contributed by atoms with Gasteiger partial charge in [-0.2, -0.15) is 8.78 Å². The summed E-state index contributed by atoms with van der Waals surface area (Å²) in [6.07, 6.45) is -7.48. The topological polar surface area (TPSA) is 83.6 Å². The van der Waals surface area contributed by atoms with Gasteiger partial charge in [0.15, 0.2) is 0 Å². The number of benzene rings is 2. The Morgan fingerprint density at radius 1 is 1.25 bits per heavy atom. The van der Waals surface area contributed by atoms with Gasteiger partial charge in [-0.25, -0.2) is 0 Å². The number of halogens is 3. The SMILES string of the molecule is [2H]C1C(=O)NC(=O)[C@]([2H])(N2Cc3cc(C([2H])([2H])CC(=O)C(F)(F)c4ccc(Cl)cc4)ccc3C2=O)C1[2H]. The van der Waals surface area contributed by atoms with E-state index in [1.54, 1.807) is 0 Å². The lowest BCUT2D eigenvalue weighted by Crippen LogP contribution is -2.52. The van der Waals surface area contributed by atoms with E-state index in [9.17, 15) is 28.0 Å². The first-order valence-electron chi connectivity index (χ1n) is 12.1. The van der Waals surface area contributed by atoms with Crippen molar-refractivity contribution >= 4 is 35.1 Å². The first-order chi connectivity index (χ1) is 17.1. The number of rotatable bonds is 6. The molecule has 0 saturated carbocycles. The number of carbonyl (C=O) groups is 4. The minimum absolute atomic E-state index is 0.0255. The predicted octanol–water partition coefficient (Wildman–Crippen LogP) is 3.39. The molecule has 2 heterocycles. The average Bonchev–Trinajstić information content (AvgIpc) is 3.17. The highest BCUT2D eigenvalue weighted by Gasteiger charge is 2.41. The third-order valence-corrected chi connectivity index (χ3v) is 5.32. The van der Waals surface area contributed by atoms with Crippen molar-refractivity contribution in [3.05, 3.63) is 69.7 Å². The number of amides is 3. The van der Waals surface area contributed by atoms with Gasteiger partial charge in [0.2, 0.25) is 17.6 Å². The number of ketones is 1. The van der Waals surface area contributed by atoms with E-state index in [1.165, 1.54) is 24.3 Å². The van der Waals surface area contributed by atoms with E-state index in [0.29, 0.717) is 4.90 Å². The van der Waals surface area contributed by atoms with E-state index in [0.717, 1.165) is 18.2 Å². The van der Waals surface area contributed by atoms with Crippen molar-refractivity contribution in [2.75, 3.05) is 0 Å². The van der Waals surface area contributed by atoms with Gasteiger partial charge in [-0.05, 0) is 42.1 Å². The van der Waals surface area contributed by atoms with Gasteiger partial charge in [0.05, 0.1) is 1.37 Å². The van der Waals surface area contributed by atoms with E-state index in [-0.39, 0.29) is 21.7 Å². The third-order valence-electron chi connectivity index (χ3n) is 5.07. The Labute approximate surface area is 194 Å². The van der Waals surface area contributed by atoms with Crippen molar-refractivity contribution in [3.8, 4) is 0 Å². The zero-order chi connectivity index (χ0) is 27.5. The number of hydrogen-bond donors (Lipinski definition) is 1. The second kappa shape index (κ2) is 8.43. The second-order valence-corrected chi connectivity index (χ2v) is 7.59. The maximum Gasteiger partial charge on any atom is 0.330 e. The van der Waals surface area contributed by atoms with E-state index in [2.05, 4.69) is 0 Å². The first-order valence-corrected chi connectivity index (χ1v) is 9.81. The quantitative estimate of drug-likeness (QED) is 0.663. The number of hydrogen-bond acceptors (Lipinski definition) is 4. The van der Waals surface area contributed by atoms with Gasteiger partial charge in [0.25, 0.3) is 5.91 Å². The minimum atomic E-state index is -3.99. The fourth-order valence-corrected chi connectivity index (χ4v) is 3.53. The Kier molecular flexibility index (Phi) is 4.34. The van der Waals surface area contributed by atoms with Crippen LogP contribution in [0.15, 0.2) is 42.5 Å². The Balaban J connectivity index is 1.59.